The summed E-state index contributed by atoms with van der Waals surface area (Å²) in [6.45, 7) is 0. The minimum absolute atomic E-state index is 0.330. The number of amidine groups is 2. The van der Waals surface area contributed by atoms with Crippen molar-refractivity contribution < 1.29 is 0 Å². The smallest absolute Gasteiger partial charge is 0.169 e. The molecule has 1 aliphatic carbocycles. The molecule has 0 saturated carbocycles. The minimum Gasteiger partial charge on any atom is -0.324 e. The molecule has 1 unspecified atom stereocenters. The topological polar surface area (TPSA) is 49.6 Å². The molecule has 37 heavy (non-hydrogen) atoms. The van der Waals surface area contributed by atoms with Crippen molar-refractivity contribution in [1.82, 2.24) is 10.3 Å². The van der Waals surface area contributed by atoms with Gasteiger partial charge in [0.25, 0.3) is 0 Å². The first-order valence-corrected chi connectivity index (χ1v) is 13.4. The number of nitrogens with zero attached hydrogens (tertiary/aromatic N) is 3. The van der Waals surface area contributed by atoms with Crippen LogP contribution in [0.3, 0.4) is 0 Å². The zero-order valence-electron chi connectivity index (χ0n) is 20.1. The summed E-state index contributed by atoms with van der Waals surface area (Å²) >= 11 is 1.87. The van der Waals surface area contributed by atoms with Gasteiger partial charge < -0.3 is 5.32 Å². The van der Waals surface area contributed by atoms with Gasteiger partial charge in [-0.25, -0.2) is 9.98 Å². The second kappa shape index (κ2) is 9.26. The molecule has 1 atom stereocenters. The largest absolute Gasteiger partial charge is 0.324 e. The number of aromatic nitrogens is 1. The van der Waals surface area contributed by atoms with Crippen molar-refractivity contribution in [2.24, 2.45) is 9.98 Å². The molecular formula is C32H24N4S. The fraction of sp³-hybridized carbons (Fsp3) is 0.0938. The average molecular weight is 497 g/mol. The third kappa shape index (κ3) is 3.98. The summed E-state index contributed by atoms with van der Waals surface area (Å²) in [7, 11) is 0. The van der Waals surface area contributed by atoms with Crippen molar-refractivity contribution in [3.8, 4) is 11.1 Å². The van der Waals surface area contributed by atoms with E-state index in [9.17, 15) is 0 Å². The Morgan fingerprint density at radius 2 is 1.49 bits per heavy atom. The van der Waals surface area contributed by atoms with Crippen LogP contribution in [0.25, 0.3) is 33.4 Å². The first-order chi connectivity index (χ1) is 18.3. The molecule has 1 N–H and O–H groups in total. The van der Waals surface area contributed by atoms with Gasteiger partial charge in [-0.15, -0.1) is 11.3 Å². The number of nitrogens with one attached hydrogen (secondary N) is 1. The summed E-state index contributed by atoms with van der Waals surface area (Å²) in [6, 6.07) is 29.2. The van der Waals surface area contributed by atoms with Crippen molar-refractivity contribution in [2.75, 3.05) is 0 Å². The highest BCUT2D eigenvalue weighted by Gasteiger charge is 2.24. The number of hydrogen-bond donors (Lipinski definition) is 1. The normalized spacial score (nSPS) is 16.6. The summed E-state index contributed by atoms with van der Waals surface area (Å²) in [5.74, 6) is 1.65. The molecule has 1 aliphatic heterocycles. The van der Waals surface area contributed by atoms with Crippen LogP contribution >= 0.6 is 11.3 Å². The number of rotatable bonds is 4. The molecule has 5 aromatic rings. The Balaban J connectivity index is 1.47. The van der Waals surface area contributed by atoms with E-state index in [2.05, 4.69) is 64.9 Å². The maximum absolute atomic E-state index is 5.16. The molecule has 0 bridgehead atoms. The van der Waals surface area contributed by atoms with E-state index in [-0.39, 0.29) is 6.17 Å². The van der Waals surface area contributed by atoms with Gasteiger partial charge in [0, 0.05) is 49.3 Å². The first kappa shape index (κ1) is 21.9. The fourth-order valence-electron chi connectivity index (χ4n) is 5.10. The number of aliphatic imine (C=N–C) groups is 2. The Hall–Kier alpha value is -4.35. The predicted octanol–water partition coefficient (Wildman–Crippen LogP) is 5.81. The number of thiophene rings is 1. The summed E-state index contributed by atoms with van der Waals surface area (Å²) in [5.41, 5.74) is 5.42. The van der Waals surface area contributed by atoms with Gasteiger partial charge in [0.1, 0.15) is 11.7 Å². The Labute approximate surface area is 219 Å². The highest BCUT2D eigenvalue weighted by Crippen LogP contribution is 2.35. The van der Waals surface area contributed by atoms with Crippen LogP contribution in [0.15, 0.2) is 107 Å². The standard InChI is InChI=1S/C32H24N4S/c1-3-10-21(11-4-1)30-34-31(22-12-5-2-6-13-22)36-32(35-30)26-18-17-25-24-15-7-8-16-27(24)37-29(25)28(26)23-14-9-19-33-20-23/h1-6,9-20,30H,7-8H2,(H,34,35,36). The SMILES string of the molecule is C1=c2sc3c(-c4cccnc4)c(C4=NC(c5ccccc5)N=C(c5ccccc5)N4)ccc3c2=CCC1. The van der Waals surface area contributed by atoms with Crippen molar-refractivity contribution in [3.05, 3.63) is 124 Å². The van der Waals surface area contributed by atoms with E-state index < -0.39 is 0 Å². The highest BCUT2D eigenvalue weighted by molar-refractivity contribution is 7.17. The van der Waals surface area contributed by atoms with E-state index in [1.54, 1.807) is 0 Å². The maximum Gasteiger partial charge on any atom is 0.169 e. The summed E-state index contributed by atoms with van der Waals surface area (Å²) < 4.78 is 2.63. The van der Waals surface area contributed by atoms with Crippen LogP contribution in [0.1, 0.15) is 35.7 Å². The zero-order chi connectivity index (χ0) is 24.6. The van der Waals surface area contributed by atoms with Gasteiger partial charge in [0.05, 0.1) is 0 Å². The van der Waals surface area contributed by atoms with Gasteiger partial charge in [-0.2, -0.15) is 0 Å². The van der Waals surface area contributed by atoms with E-state index in [0.29, 0.717) is 0 Å². The molecular weight excluding hydrogens is 472 g/mol. The van der Waals surface area contributed by atoms with Gasteiger partial charge in [-0.3, -0.25) is 4.98 Å². The van der Waals surface area contributed by atoms with Crippen LogP contribution in [0.2, 0.25) is 0 Å². The second-order valence-electron chi connectivity index (χ2n) is 9.20. The lowest BCUT2D eigenvalue weighted by Gasteiger charge is -2.24. The quantitative estimate of drug-likeness (QED) is 0.341. The van der Waals surface area contributed by atoms with Gasteiger partial charge in [-0.1, -0.05) is 84.9 Å². The summed E-state index contributed by atoms with van der Waals surface area (Å²) in [6.07, 6.45) is 10.4. The van der Waals surface area contributed by atoms with Gasteiger partial charge >= 0.3 is 0 Å². The lowest BCUT2D eigenvalue weighted by Crippen LogP contribution is -2.36. The molecule has 3 aromatic carbocycles. The molecule has 2 aliphatic rings. The third-order valence-electron chi connectivity index (χ3n) is 6.86. The molecule has 3 heterocycles. The van der Waals surface area contributed by atoms with Gasteiger partial charge in [0.15, 0.2) is 6.17 Å². The van der Waals surface area contributed by atoms with Crippen molar-refractivity contribution in [3.63, 3.8) is 0 Å². The lowest BCUT2D eigenvalue weighted by atomic mass is 9.96. The molecule has 4 nitrogen and oxygen atoms in total. The molecule has 5 heteroatoms. The zero-order valence-corrected chi connectivity index (χ0v) is 21.0. The van der Waals surface area contributed by atoms with Crippen LogP contribution in [0, 0.1) is 0 Å². The Morgan fingerprint density at radius 1 is 0.730 bits per heavy atom. The number of benzene rings is 3. The van der Waals surface area contributed by atoms with Crippen molar-refractivity contribution >= 4 is 45.2 Å². The average Bonchev–Trinajstić information content (AvgIpc) is 3.36. The van der Waals surface area contributed by atoms with Crippen molar-refractivity contribution in [2.45, 2.75) is 19.0 Å². The van der Waals surface area contributed by atoms with E-state index in [1.165, 1.54) is 25.4 Å². The van der Waals surface area contributed by atoms with Crippen LogP contribution in [0.5, 0.6) is 0 Å². The fourth-order valence-corrected chi connectivity index (χ4v) is 6.44. The minimum atomic E-state index is -0.330. The van der Waals surface area contributed by atoms with Gasteiger partial charge in [-0.05, 0) is 35.8 Å². The highest BCUT2D eigenvalue weighted by atomic mass is 32.1. The molecule has 0 saturated heterocycles. The van der Waals surface area contributed by atoms with Crippen molar-refractivity contribution in [1.29, 1.82) is 0 Å². The van der Waals surface area contributed by atoms with Crippen LogP contribution in [0.4, 0.5) is 0 Å². The number of fused-ring (bicyclic) bond motifs is 3. The Morgan fingerprint density at radius 3 is 2.30 bits per heavy atom. The molecule has 0 spiro atoms. The first-order valence-electron chi connectivity index (χ1n) is 12.5. The Bertz CT molecular complexity index is 1790. The summed E-state index contributed by atoms with van der Waals surface area (Å²) in [4.78, 5) is 14.6. The third-order valence-corrected chi connectivity index (χ3v) is 8.09. The van der Waals surface area contributed by atoms with Gasteiger partial charge in [0.2, 0.25) is 0 Å². The molecule has 0 amide bonds. The van der Waals surface area contributed by atoms with Crippen LogP contribution in [-0.2, 0) is 0 Å². The van der Waals surface area contributed by atoms with E-state index >= 15 is 0 Å². The predicted molar refractivity (Wildman–Crippen MR) is 154 cm³/mol. The lowest BCUT2D eigenvalue weighted by molar-refractivity contribution is 0.756. The molecule has 0 radical (unpaired) electrons. The van der Waals surface area contributed by atoms with Crippen LogP contribution in [-0.4, -0.2) is 16.7 Å². The number of pyridine rings is 1. The molecule has 2 aromatic heterocycles. The van der Waals surface area contributed by atoms with E-state index in [1.807, 2.05) is 66.2 Å². The Kier molecular flexibility index (Phi) is 5.48. The molecule has 0 fully saturated rings. The second-order valence-corrected chi connectivity index (χ2v) is 10.3. The van der Waals surface area contributed by atoms with Crippen LogP contribution < -0.4 is 15.1 Å². The maximum atomic E-state index is 5.16. The van der Waals surface area contributed by atoms with E-state index in [4.69, 9.17) is 9.98 Å². The van der Waals surface area contributed by atoms with E-state index in [0.717, 1.165) is 46.8 Å². The monoisotopic (exact) mass is 496 g/mol. The molecule has 178 valence electrons. The molecule has 7 rings (SSSR count). The number of hydrogen-bond acceptors (Lipinski definition) is 5. The summed E-state index contributed by atoms with van der Waals surface area (Å²) in [5, 5.41) is 6.25.